The number of aliphatic carboxylic acids is 1. The molecule has 1 aliphatic carbocycles. The third-order valence-corrected chi connectivity index (χ3v) is 9.92. The average molecular weight is 606 g/mol. The van der Waals surface area contributed by atoms with Crippen molar-refractivity contribution in [2.45, 2.75) is 63.6 Å². The first-order chi connectivity index (χ1) is 20.9. The molecule has 3 heterocycles. The quantitative estimate of drug-likeness (QED) is 0.392. The summed E-state index contributed by atoms with van der Waals surface area (Å²) in [6, 6.07) is 21.3. The van der Waals surface area contributed by atoms with Gasteiger partial charge in [-0.05, 0) is 49.0 Å². The number of amides is 2. The maximum absolute atomic E-state index is 14.2. The standard InChI is InChI=1S/C34H41N5O4.Na/c40-31-20-29(25-9-3-1-4-10-25)36-24-38(31)22-27-13-17-37(23-34(27)15-7-8-16-34)33(43)39-18-14-28(35-21-32(41)42)19-30(39)26-11-5-2-6-12-26;/h1-6,9-12,20,24,27-28,30,35H,7-8,13-19,21-23H2,(H,41,42);/q;+1/p-1/t27-,28+,30-;/m0./s1. The number of hydrogen-bond acceptors (Lipinski definition) is 6. The number of likely N-dealkylation sites (tertiary alicyclic amines) is 2. The second-order valence-electron chi connectivity index (χ2n) is 12.5. The summed E-state index contributed by atoms with van der Waals surface area (Å²) in [6.45, 7) is 2.34. The molecule has 3 fully saturated rings. The first-order valence-electron chi connectivity index (χ1n) is 15.6. The van der Waals surface area contributed by atoms with E-state index in [0.717, 1.165) is 43.2 Å². The van der Waals surface area contributed by atoms with E-state index in [2.05, 4.69) is 10.3 Å². The molecule has 2 aromatic carbocycles. The molecule has 3 aromatic rings. The largest absolute Gasteiger partial charge is 1.00 e. The maximum Gasteiger partial charge on any atom is 1.00 e. The second-order valence-corrected chi connectivity index (χ2v) is 12.5. The van der Waals surface area contributed by atoms with Crippen molar-refractivity contribution >= 4 is 12.0 Å². The zero-order chi connectivity index (χ0) is 29.8. The summed E-state index contributed by atoms with van der Waals surface area (Å²) in [7, 11) is 0. The van der Waals surface area contributed by atoms with Gasteiger partial charge >= 0.3 is 35.6 Å². The Bertz CT molecular complexity index is 1480. The second kappa shape index (κ2) is 14.4. The Morgan fingerprint density at radius 3 is 2.36 bits per heavy atom. The van der Waals surface area contributed by atoms with E-state index in [0.29, 0.717) is 50.6 Å². The van der Waals surface area contributed by atoms with Crippen molar-refractivity contribution in [2.24, 2.45) is 11.3 Å². The van der Waals surface area contributed by atoms with Gasteiger partial charge in [0.2, 0.25) is 0 Å². The van der Waals surface area contributed by atoms with Crippen molar-refractivity contribution in [1.82, 2.24) is 24.7 Å². The molecule has 1 saturated carbocycles. The Labute approximate surface area is 281 Å². The Balaban J connectivity index is 0.00000384. The van der Waals surface area contributed by atoms with Crippen LogP contribution in [0.25, 0.3) is 11.3 Å². The Kier molecular flexibility index (Phi) is 10.6. The number of carbonyl (C=O) groups excluding carboxylic acids is 2. The van der Waals surface area contributed by atoms with Crippen LogP contribution >= 0.6 is 0 Å². The van der Waals surface area contributed by atoms with Crippen LogP contribution in [-0.4, -0.2) is 63.6 Å². The number of carboxylic acids is 1. The van der Waals surface area contributed by atoms with E-state index >= 15 is 0 Å². The molecule has 9 nitrogen and oxygen atoms in total. The third kappa shape index (κ3) is 7.12. The van der Waals surface area contributed by atoms with E-state index in [1.54, 1.807) is 17.0 Å². The molecule has 10 heteroatoms. The van der Waals surface area contributed by atoms with Crippen molar-refractivity contribution in [1.29, 1.82) is 0 Å². The first-order valence-corrected chi connectivity index (χ1v) is 15.6. The average Bonchev–Trinajstić information content (AvgIpc) is 3.51. The number of benzene rings is 2. The maximum atomic E-state index is 14.2. The molecule has 0 radical (unpaired) electrons. The number of aromatic nitrogens is 2. The summed E-state index contributed by atoms with van der Waals surface area (Å²) in [5.74, 6) is -0.824. The molecule has 2 aliphatic heterocycles. The summed E-state index contributed by atoms with van der Waals surface area (Å²) in [6.07, 6.45) is 8.28. The minimum atomic E-state index is -1.12. The minimum Gasteiger partial charge on any atom is -0.549 e. The third-order valence-electron chi connectivity index (χ3n) is 9.92. The number of rotatable bonds is 7. The van der Waals surface area contributed by atoms with Crippen LogP contribution in [0.5, 0.6) is 0 Å². The summed E-state index contributed by atoms with van der Waals surface area (Å²) < 4.78 is 1.75. The van der Waals surface area contributed by atoms with Crippen molar-refractivity contribution in [3.05, 3.63) is 89.0 Å². The molecule has 1 aromatic heterocycles. The molecule has 3 aliphatic rings. The molecular formula is C34H40N5NaO4. The molecule has 3 atom stereocenters. The zero-order valence-electron chi connectivity index (χ0n) is 25.6. The van der Waals surface area contributed by atoms with Gasteiger partial charge in [-0.2, -0.15) is 0 Å². The number of nitrogens with zero attached hydrogens (tertiary/aromatic N) is 4. The Morgan fingerprint density at radius 1 is 0.977 bits per heavy atom. The molecule has 2 amide bonds. The Hall–Kier alpha value is -2.98. The van der Waals surface area contributed by atoms with Gasteiger partial charge in [0.1, 0.15) is 0 Å². The predicted molar refractivity (Wildman–Crippen MR) is 162 cm³/mol. The first kappa shape index (κ1) is 32.4. The Morgan fingerprint density at radius 2 is 1.68 bits per heavy atom. The molecule has 1 spiro atoms. The zero-order valence-corrected chi connectivity index (χ0v) is 27.6. The molecule has 6 rings (SSSR count). The van der Waals surface area contributed by atoms with Crippen LogP contribution in [-0.2, 0) is 11.3 Å². The summed E-state index contributed by atoms with van der Waals surface area (Å²) in [4.78, 5) is 47.1. The number of hydrogen-bond donors (Lipinski definition) is 1. The van der Waals surface area contributed by atoms with Gasteiger partial charge in [0.25, 0.3) is 5.56 Å². The van der Waals surface area contributed by atoms with Gasteiger partial charge in [-0.15, -0.1) is 0 Å². The molecule has 226 valence electrons. The number of carboxylic acid groups (broad SMARTS) is 1. The molecule has 1 N–H and O–H groups in total. The fourth-order valence-corrected chi connectivity index (χ4v) is 7.65. The van der Waals surface area contributed by atoms with E-state index < -0.39 is 5.97 Å². The van der Waals surface area contributed by atoms with Crippen LogP contribution in [0.15, 0.2) is 77.9 Å². The topological polar surface area (TPSA) is 111 Å². The van der Waals surface area contributed by atoms with Crippen molar-refractivity contribution in [3.63, 3.8) is 0 Å². The van der Waals surface area contributed by atoms with Crippen molar-refractivity contribution < 1.29 is 44.3 Å². The summed E-state index contributed by atoms with van der Waals surface area (Å²) in [5.41, 5.74) is 2.62. The van der Waals surface area contributed by atoms with Gasteiger partial charge in [0, 0.05) is 50.4 Å². The normalized spacial score (nSPS) is 22.9. The fourth-order valence-electron chi connectivity index (χ4n) is 7.65. The number of carbonyl (C=O) groups is 2. The fraction of sp³-hybridized carbons (Fsp3) is 0.471. The number of nitrogens with one attached hydrogen (secondary N) is 1. The van der Waals surface area contributed by atoms with Crippen LogP contribution in [0.2, 0.25) is 0 Å². The van der Waals surface area contributed by atoms with Gasteiger partial charge in [-0.1, -0.05) is 73.5 Å². The van der Waals surface area contributed by atoms with Crippen LogP contribution in [0, 0.1) is 11.3 Å². The van der Waals surface area contributed by atoms with Crippen LogP contribution < -0.4 is 45.5 Å². The van der Waals surface area contributed by atoms with E-state index in [1.165, 1.54) is 0 Å². The van der Waals surface area contributed by atoms with E-state index in [-0.39, 0.29) is 65.2 Å². The molecule has 2 saturated heterocycles. The van der Waals surface area contributed by atoms with Gasteiger partial charge < -0.3 is 25.0 Å². The van der Waals surface area contributed by atoms with E-state index in [4.69, 9.17) is 0 Å². The van der Waals surface area contributed by atoms with E-state index in [9.17, 15) is 19.5 Å². The van der Waals surface area contributed by atoms with Gasteiger partial charge in [-0.25, -0.2) is 9.78 Å². The van der Waals surface area contributed by atoms with Crippen LogP contribution in [0.4, 0.5) is 4.79 Å². The van der Waals surface area contributed by atoms with Crippen molar-refractivity contribution in [3.8, 4) is 11.3 Å². The van der Waals surface area contributed by atoms with Gasteiger partial charge in [-0.3, -0.25) is 9.36 Å². The number of urea groups is 1. The van der Waals surface area contributed by atoms with Crippen LogP contribution in [0.1, 0.15) is 56.6 Å². The number of piperidine rings is 2. The monoisotopic (exact) mass is 605 g/mol. The van der Waals surface area contributed by atoms with E-state index in [1.807, 2.05) is 70.5 Å². The summed E-state index contributed by atoms with van der Waals surface area (Å²) in [5, 5.41) is 14.2. The molecule has 44 heavy (non-hydrogen) atoms. The smallest absolute Gasteiger partial charge is 0.549 e. The summed E-state index contributed by atoms with van der Waals surface area (Å²) >= 11 is 0. The minimum absolute atomic E-state index is 0. The predicted octanol–water partition coefficient (Wildman–Crippen LogP) is 0.462. The van der Waals surface area contributed by atoms with Gasteiger partial charge in [0.15, 0.2) is 0 Å². The van der Waals surface area contributed by atoms with Crippen LogP contribution in [0.3, 0.4) is 0 Å². The molecule has 0 unspecified atom stereocenters. The molecular weight excluding hydrogens is 565 g/mol. The van der Waals surface area contributed by atoms with Crippen molar-refractivity contribution in [2.75, 3.05) is 26.2 Å². The molecule has 0 bridgehead atoms. The van der Waals surface area contributed by atoms with Gasteiger partial charge in [0.05, 0.1) is 24.0 Å². The SMILES string of the molecule is O=C([O-])CN[C@@H]1CCN(C(=O)N2CC[C@@H](Cn3cnc(-c4ccccc4)cc3=O)C3(CCCC3)C2)[C@H](c2ccccc2)C1.[Na+].